The minimum absolute atomic E-state index is 0.0728. The lowest BCUT2D eigenvalue weighted by molar-refractivity contribution is -0.111. The number of nitrogens with zero attached hydrogens (tertiary/aromatic N) is 1. The number of methoxy groups -OCH3 is 1. The van der Waals surface area contributed by atoms with Crippen LogP contribution in [0.4, 0.5) is 13.9 Å². The van der Waals surface area contributed by atoms with Crippen LogP contribution in [-0.4, -0.2) is 24.6 Å². The number of hydrogen-bond donors (Lipinski definition) is 1. The summed E-state index contributed by atoms with van der Waals surface area (Å²) in [5, 5.41) is 5.08. The molecule has 2 aromatic carbocycles. The Morgan fingerprint density at radius 1 is 1.20 bits per heavy atom. The van der Waals surface area contributed by atoms with Crippen molar-refractivity contribution >= 4 is 28.5 Å². The average molecular weight is 430 g/mol. The van der Waals surface area contributed by atoms with E-state index in [1.807, 2.05) is 17.5 Å². The first kappa shape index (κ1) is 21.4. The molecular formula is C22H20F2N2O3S. The number of amides is 1. The van der Waals surface area contributed by atoms with Gasteiger partial charge in [0.15, 0.2) is 16.6 Å². The van der Waals surface area contributed by atoms with E-state index in [1.54, 1.807) is 12.1 Å². The van der Waals surface area contributed by atoms with Gasteiger partial charge in [-0.2, -0.15) is 8.78 Å². The van der Waals surface area contributed by atoms with Crippen LogP contribution in [0.25, 0.3) is 17.3 Å². The summed E-state index contributed by atoms with van der Waals surface area (Å²) in [6.07, 6.45) is 3.85. The number of carbonyl (C=O) groups excluding carboxylic acids is 1. The number of hydrogen-bond acceptors (Lipinski definition) is 5. The number of nitrogens with one attached hydrogen (secondary N) is 1. The summed E-state index contributed by atoms with van der Waals surface area (Å²) in [6.45, 7) is -0.848. The molecule has 0 bridgehead atoms. The third kappa shape index (κ3) is 5.64. The molecule has 0 saturated carbocycles. The number of ether oxygens (including phenoxy) is 2. The Morgan fingerprint density at radius 3 is 2.63 bits per heavy atom. The zero-order valence-electron chi connectivity index (χ0n) is 16.4. The fourth-order valence-corrected chi connectivity index (χ4v) is 3.40. The summed E-state index contributed by atoms with van der Waals surface area (Å²) in [4.78, 5) is 16.6. The van der Waals surface area contributed by atoms with Crippen LogP contribution < -0.4 is 14.8 Å². The minimum Gasteiger partial charge on any atom is -0.493 e. The molecule has 0 radical (unpaired) electrons. The second kappa shape index (κ2) is 9.98. The molecule has 0 aliphatic carbocycles. The second-order valence-corrected chi connectivity index (χ2v) is 7.06. The smallest absolute Gasteiger partial charge is 0.387 e. The number of alkyl halides is 2. The highest BCUT2D eigenvalue weighted by Crippen LogP contribution is 2.30. The Morgan fingerprint density at radius 2 is 1.97 bits per heavy atom. The summed E-state index contributed by atoms with van der Waals surface area (Å²) in [7, 11) is 1.35. The van der Waals surface area contributed by atoms with Crippen LogP contribution in [0, 0.1) is 0 Å². The molecule has 3 aromatic rings. The Hall–Kier alpha value is -3.26. The van der Waals surface area contributed by atoms with Crippen molar-refractivity contribution in [1.29, 1.82) is 0 Å². The highest BCUT2D eigenvalue weighted by Gasteiger charge is 2.11. The van der Waals surface area contributed by atoms with Gasteiger partial charge in [-0.25, -0.2) is 4.98 Å². The molecule has 0 saturated heterocycles. The monoisotopic (exact) mass is 430 g/mol. The van der Waals surface area contributed by atoms with E-state index in [-0.39, 0.29) is 17.4 Å². The van der Waals surface area contributed by atoms with Gasteiger partial charge < -0.3 is 9.47 Å². The fraction of sp³-hybridized carbons (Fsp3) is 0.182. The van der Waals surface area contributed by atoms with Crippen LogP contribution in [0.15, 0.2) is 53.9 Å². The Labute approximate surface area is 177 Å². The van der Waals surface area contributed by atoms with Crippen LogP contribution in [0.3, 0.4) is 0 Å². The number of rotatable bonds is 8. The molecule has 8 heteroatoms. The van der Waals surface area contributed by atoms with Crippen molar-refractivity contribution in [2.45, 2.75) is 20.0 Å². The molecule has 0 fully saturated rings. The second-order valence-electron chi connectivity index (χ2n) is 6.20. The van der Waals surface area contributed by atoms with Gasteiger partial charge in [-0.05, 0) is 35.8 Å². The van der Waals surface area contributed by atoms with E-state index in [1.165, 1.54) is 42.2 Å². The van der Waals surface area contributed by atoms with E-state index >= 15 is 0 Å². The van der Waals surface area contributed by atoms with E-state index in [2.05, 4.69) is 34.1 Å². The molecule has 0 unspecified atom stereocenters. The first-order valence-corrected chi connectivity index (χ1v) is 10.0. The SMILES string of the molecule is CCc1ccc(-c2csc(NC(=O)C=Cc3ccc(OC(F)F)c(OC)c3)n2)cc1. The van der Waals surface area contributed by atoms with Gasteiger partial charge in [0.2, 0.25) is 5.91 Å². The maximum absolute atomic E-state index is 12.4. The highest BCUT2D eigenvalue weighted by atomic mass is 32.1. The standard InChI is InChI=1S/C22H20F2N2O3S/c1-3-14-4-8-16(9-5-14)17-13-30-22(25-17)26-20(27)11-7-15-6-10-18(29-21(23)24)19(12-15)28-2/h4-13,21H,3H2,1-2H3,(H,25,26,27). The van der Waals surface area contributed by atoms with Gasteiger partial charge in [0, 0.05) is 17.0 Å². The number of aryl methyl sites for hydroxylation is 1. The molecule has 0 atom stereocenters. The summed E-state index contributed by atoms with van der Waals surface area (Å²) >= 11 is 1.33. The third-order valence-corrected chi connectivity index (χ3v) is 4.98. The molecule has 0 aliphatic heterocycles. The lowest BCUT2D eigenvalue weighted by Crippen LogP contribution is -2.07. The van der Waals surface area contributed by atoms with Crippen LogP contribution in [-0.2, 0) is 11.2 Å². The molecular weight excluding hydrogens is 410 g/mol. The predicted octanol–water partition coefficient (Wildman–Crippen LogP) is 5.63. The van der Waals surface area contributed by atoms with Gasteiger partial charge in [0.05, 0.1) is 12.8 Å². The molecule has 30 heavy (non-hydrogen) atoms. The summed E-state index contributed by atoms with van der Waals surface area (Å²) < 4.78 is 34.2. The zero-order valence-corrected chi connectivity index (χ0v) is 17.2. The van der Waals surface area contributed by atoms with E-state index in [0.29, 0.717) is 10.7 Å². The number of halogens is 2. The number of aromatic nitrogens is 1. The predicted molar refractivity (Wildman–Crippen MR) is 114 cm³/mol. The summed E-state index contributed by atoms with van der Waals surface area (Å²) in [5.74, 6) is -0.281. The first-order chi connectivity index (χ1) is 14.5. The van der Waals surface area contributed by atoms with Crippen LogP contribution >= 0.6 is 11.3 Å². The van der Waals surface area contributed by atoms with E-state index < -0.39 is 6.61 Å². The highest BCUT2D eigenvalue weighted by molar-refractivity contribution is 7.14. The van der Waals surface area contributed by atoms with Crippen molar-refractivity contribution < 1.29 is 23.0 Å². The Balaban J connectivity index is 1.64. The van der Waals surface area contributed by atoms with Crippen LogP contribution in [0.1, 0.15) is 18.1 Å². The molecule has 1 aromatic heterocycles. The third-order valence-electron chi connectivity index (χ3n) is 4.22. The average Bonchev–Trinajstić information content (AvgIpc) is 3.21. The first-order valence-electron chi connectivity index (χ1n) is 9.15. The van der Waals surface area contributed by atoms with Crippen molar-refractivity contribution in [3.05, 3.63) is 65.0 Å². The molecule has 1 amide bonds. The summed E-state index contributed by atoms with van der Waals surface area (Å²) in [6, 6.07) is 12.5. The lowest BCUT2D eigenvalue weighted by atomic mass is 10.1. The van der Waals surface area contributed by atoms with Crippen LogP contribution in [0.2, 0.25) is 0 Å². The lowest BCUT2D eigenvalue weighted by Gasteiger charge is -2.10. The quantitative estimate of drug-likeness (QED) is 0.470. The van der Waals surface area contributed by atoms with Gasteiger partial charge >= 0.3 is 6.61 Å². The maximum Gasteiger partial charge on any atom is 0.387 e. The Bertz CT molecular complexity index is 1030. The van der Waals surface area contributed by atoms with Gasteiger partial charge in [-0.3, -0.25) is 10.1 Å². The van der Waals surface area contributed by atoms with Gasteiger partial charge in [0.25, 0.3) is 0 Å². The molecule has 1 N–H and O–H groups in total. The number of carbonyl (C=O) groups is 1. The number of thiazole rings is 1. The minimum atomic E-state index is -2.95. The van der Waals surface area contributed by atoms with Gasteiger partial charge in [-0.1, -0.05) is 37.3 Å². The van der Waals surface area contributed by atoms with Crippen molar-refractivity contribution in [2.24, 2.45) is 0 Å². The normalized spacial score (nSPS) is 11.1. The largest absolute Gasteiger partial charge is 0.493 e. The zero-order chi connectivity index (χ0) is 21.5. The maximum atomic E-state index is 12.4. The molecule has 0 aliphatic rings. The van der Waals surface area contributed by atoms with Crippen molar-refractivity contribution in [3.63, 3.8) is 0 Å². The van der Waals surface area contributed by atoms with Crippen molar-refractivity contribution in [2.75, 3.05) is 12.4 Å². The molecule has 5 nitrogen and oxygen atoms in total. The molecule has 156 valence electrons. The molecule has 1 heterocycles. The molecule has 3 rings (SSSR count). The van der Waals surface area contributed by atoms with Crippen LogP contribution in [0.5, 0.6) is 11.5 Å². The number of anilines is 1. The molecule has 0 spiro atoms. The van der Waals surface area contributed by atoms with E-state index in [9.17, 15) is 13.6 Å². The van der Waals surface area contributed by atoms with Crippen molar-refractivity contribution in [1.82, 2.24) is 4.98 Å². The summed E-state index contributed by atoms with van der Waals surface area (Å²) in [5.41, 5.74) is 3.62. The fourth-order valence-electron chi connectivity index (χ4n) is 2.68. The Kier molecular flexibility index (Phi) is 7.13. The topological polar surface area (TPSA) is 60.5 Å². The van der Waals surface area contributed by atoms with Gasteiger partial charge in [-0.15, -0.1) is 11.3 Å². The van der Waals surface area contributed by atoms with E-state index in [4.69, 9.17) is 4.74 Å². The van der Waals surface area contributed by atoms with Gasteiger partial charge in [0.1, 0.15) is 0 Å². The van der Waals surface area contributed by atoms with Crippen molar-refractivity contribution in [3.8, 4) is 22.8 Å². The van der Waals surface area contributed by atoms with E-state index in [0.717, 1.165) is 17.7 Å². The number of benzene rings is 2.